The fraction of sp³-hybridized carbons (Fsp3) is 0.143. The summed E-state index contributed by atoms with van der Waals surface area (Å²) in [7, 11) is 0. The number of nitrogens with one attached hydrogen (secondary N) is 1. The zero-order valence-corrected chi connectivity index (χ0v) is 6.69. The summed E-state index contributed by atoms with van der Waals surface area (Å²) in [5.41, 5.74) is 5.12. The van der Waals surface area contributed by atoms with Crippen molar-refractivity contribution in [2.45, 2.75) is 0 Å². The van der Waals surface area contributed by atoms with Crippen LogP contribution < -0.4 is 11.1 Å². The topological polar surface area (TPSA) is 105 Å². The molecule has 0 bridgehead atoms. The summed E-state index contributed by atoms with van der Waals surface area (Å²) in [6.07, 6.45) is 2.67. The van der Waals surface area contributed by atoms with E-state index in [-0.39, 0.29) is 12.2 Å². The largest absolute Gasteiger partial charge is 0.368 e. The number of primary amides is 1. The molecule has 0 radical (unpaired) electrons. The molecule has 1 aromatic rings. The van der Waals surface area contributed by atoms with Crippen molar-refractivity contribution >= 4 is 11.7 Å². The monoisotopic (exact) mass is 177 g/mol. The Morgan fingerprint density at radius 3 is 2.85 bits per heavy atom. The SMILES string of the molecule is N#Cc1cnc(NCC(N)=O)cn1. The van der Waals surface area contributed by atoms with Crippen LogP contribution >= 0.6 is 0 Å². The maximum absolute atomic E-state index is 10.4. The third-order valence-electron chi connectivity index (χ3n) is 1.21. The van der Waals surface area contributed by atoms with Gasteiger partial charge in [-0.3, -0.25) is 4.79 Å². The van der Waals surface area contributed by atoms with Gasteiger partial charge < -0.3 is 11.1 Å². The number of nitriles is 1. The Morgan fingerprint density at radius 2 is 2.38 bits per heavy atom. The zero-order valence-electron chi connectivity index (χ0n) is 6.69. The Labute approximate surface area is 74.4 Å². The Balaban J connectivity index is 2.60. The Hall–Kier alpha value is -2.16. The quantitative estimate of drug-likeness (QED) is 0.631. The lowest BCUT2D eigenvalue weighted by molar-refractivity contribution is -0.116. The van der Waals surface area contributed by atoms with E-state index in [0.717, 1.165) is 0 Å². The highest BCUT2D eigenvalue weighted by molar-refractivity contribution is 5.78. The predicted molar refractivity (Wildman–Crippen MR) is 44.4 cm³/mol. The maximum atomic E-state index is 10.4. The summed E-state index contributed by atoms with van der Waals surface area (Å²) in [5.74, 6) is -0.0658. The third kappa shape index (κ3) is 2.75. The predicted octanol–water partition coefficient (Wildman–Crippen LogP) is -0.755. The van der Waals surface area contributed by atoms with Crippen molar-refractivity contribution in [3.05, 3.63) is 18.1 Å². The summed E-state index contributed by atoms with van der Waals surface area (Å²) in [6, 6.07) is 1.83. The van der Waals surface area contributed by atoms with Crippen LogP contribution in [-0.4, -0.2) is 22.4 Å². The van der Waals surface area contributed by atoms with Crippen LogP contribution in [-0.2, 0) is 4.79 Å². The van der Waals surface area contributed by atoms with E-state index in [0.29, 0.717) is 5.82 Å². The molecule has 13 heavy (non-hydrogen) atoms. The molecule has 0 spiro atoms. The third-order valence-corrected chi connectivity index (χ3v) is 1.21. The smallest absolute Gasteiger partial charge is 0.236 e. The molecular formula is C7H7N5O. The molecule has 0 saturated carbocycles. The Bertz CT molecular complexity index is 339. The molecule has 0 unspecified atom stereocenters. The minimum atomic E-state index is -0.480. The average molecular weight is 177 g/mol. The van der Waals surface area contributed by atoms with Gasteiger partial charge in [-0.05, 0) is 0 Å². The second-order valence-electron chi connectivity index (χ2n) is 2.22. The van der Waals surface area contributed by atoms with E-state index in [9.17, 15) is 4.79 Å². The first-order valence-corrected chi connectivity index (χ1v) is 3.46. The van der Waals surface area contributed by atoms with E-state index in [1.165, 1.54) is 12.4 Å². The molecule has 1 heterocycles. The van der Waals surface area contributed by atoms with Crippen LogP contribution in [0, 0.1) is 11.3 Å². The number of carbonyl (C=O) groups excluding carboxylic acids is 1. The minimum absolute atomic E-state index is 0.000576. The molecule has 3 N–H and O–H groups in total. The van der Waals surface area contributed by atoms with Crippen LogP contribution in [0.2, 0.25) is 0 Å². The summed E-state index contributed by atoms with van der Waals surface area (Å²) in [6.45, 7) is 0.000576. The van der Waals surface area contributed by atoms with Gasteiger partial charge in [0, 0.05) is 0 Å². The van der Waals surface area contributed by atoms with Gasteiger partial charge >= 0.3 is 0 Å². The number of aromatic nitrogens is 2. The summed E-state index contributed by atoms with van der Waals surface area (Å²) < 4.78 is 0. The van der Waals surface area contributed by atoms with Gasteiger partial charge in [-0.2, -0.15) is 5.26 Å². The summed E-state index contributed by atoms with van der Waals surface area (Å²) in [5, 5.41) is 11.0. The lowest BCUT2D eigenvalue weighted by Gasteiger charge is -2.00. The van der Waals surface area contributed by atoms with Gasteiger partial charge in [0.15, 0.2) is 5.69 Å². The summed E-state index contributed by atoms with van der Waals surface area (Å²) in [4.78, 5) is 17.9. The first-order chi connectivity index (χ1) is 6.22. The second kappa shape index (κ2) is 4.01. The number of rotatable bonds is 3. The lowest BCUT2D eigenvalue weighted by Crippen LogP contribution is -2.22. The van der Waals surface area contributed by atoms with Crippen LogP contribution in [0.4, 0.5) is 5.82 Å². The molecule has 0 aliphatic rings. The van der Waals surface area contributed by atoms with Crippen molar-refractivity contribution in [2.24, 2.45) is 5.73 Å². The van der Waals surface area contributed by atoms with Crippen molar-refractivity contribution in [1.29, 1.82) is 5.26 Å². The number of nitrogens with two attached hydrogens (primary N) is 1. The van der Waals surface area contributed by atoms with E-state index in [2.05, 4.69) is 15.3 Å². The van der Waals surface area contributed by atoms with E-state index < -0.39 is 5.91 Å². The van der Waals surface area contributed by atoms with Gasteiger partial charge in [-0.1, -0.05) is 0 Å². The van der Waals surface area contributed by atoms with Crippen LogP contribution in [0.3, 0.4) is 0 Å². The van der Waals surface area contributed by atoms with E-state index >= 15 is 0 Å². The van der Waals surface area contributed by atoms with Crippen LogP contribution in [0.1, 0.15) is 5.69 Å². The fourth-order valence-corrected chi connectivity index (χ4v) is 0.655. The molecule has 66 valence electrons. The molecule has 1 amide bonds. The van der Waals surface area contributed by atoms with Gasteiger partial charge in [-0.25, -0.2) is 9.97 Å². The van der Waals surface area contributed by atoms with Crippen LogP contribution in [0.25, 0.3) is 0 Å². The molecule has 1 aromatic heterocycles. The molecule has 0 aromatic carbocycles. The number of amides is 1. The van der Waals surface area contributed by atoms with Crippen LogP contribution in [0.5, 0.6) is 0 Å². The van der Waals surface area contributed by atoms with Gasteiger partial charge in [-0.15, -0.1) is 0 Å². The number of anilines is 1. The van der Waals surface area contributed by atoms with Gasteiger partial charge in [0.2, 0.25) is 5.91 Å². The highest BCUT2D eigenvalue weighted by atomic mass is 16.1. The van der Waals surface area contributed by atoms with E-state index in [1.807, 2.05) is 6.07 Å². The molecule has 0 fully saturated rings. The average Bonchev–Trinajstić information content (AvgIpc) is 2.15. The second-order valence-corrected chi connectivity index (χ2v) is 2.22. The molecule has 0 aliphatic carbocycles. The number of nitrogens with zero attached hydrogens (tertiary/aromatic N) is 3. The van der Waals surface area contributed by atoms with Crippen LogP contribution in [0.15, 0.2) is 12.4 Å². The molecule has 6 nitrogen and oxygen atoms in total. The number of hydrogen-bond donors (Lipinski definition) is 2. The summed E-state index contributed by atoms with van der Waals surface area (Å²) >= 11 is 0. The highest BCUT2D eigenvalue weighted by Crippen LogP contribution is 1.98. The normalized spacial score (nSPS) is 8.85. The van der Waals surface area contributed by atoms with Crippen molar-refractivity contribution < 1.29 is 4.79 Å². The molecular weight excluding hydrogens is 170 g/mol. The number of hydrogen-bond acceptors (Lipinski definition) is 5. The van der Waals surface area contributed by atoms with Crippen molar-refractivity contribution in [2.75, 3.05) is 11.9 Å². The number of carbonyl (C=O) groups is 1. The lowest BCUT2D eigenvalue weighted by atomic mass is 10.5. The van der Waals surface area contributed by atoms with Gasteiger partial charge in [0.05, 0.1) is 18.9 Å². The minimum Gasteiger partial charge on any atom is -0.368 e. The molecule has 1 rings (SSSR count). The molecule has 0 atom stereocenters. The zero-order chi connectivity index (χ0) is 9.68. The fourth-order valence-electron chi connectivity index (χ4n) is 0.655. The highest BCUT2D eigenvalue weighted by Gasteiger charge is 1.97. The first-order valence-electron chi connectivity index (χ1n) is 3.46. The Morgan fingerprint density at radius 1 is 1.62 bits per heavy atom. The van der Waals surface area contributed by atoms with E-state index in [1.54, 1.807) is 0 Å². The molecule has 0 saturated heterocycles. The Kier molecular flexibility index (Phi) is 2.76. The van der Waals surface area contributed by atoms with Gasteiger partial charge in [0.1, 0.15) is 11.9 Å². The van der Waals surface area contributed by atoms with Crippen molar-refractivity contribution in [3.8, 4) is 6.07 Å². The standard InChI is InChI=1S/C7H7N5O/c8-1-5-2-11-7(4-10-5)12-3-6(9)13/h2,4H,3H2,(H2,9,13)(H,11,12). The maximum Gasteiger partial charge on any atom is 0.236 e. The van der Waals surface area contributed by atoms with E-state index in [4.69, 9.17) is 11.0 Å². The van der Waals surface area contributed by atoms with Crippen molar-refractivity contribution in [3.63, 3.8) is 0 Å². The first kappa shape index (κ1) is 8.93. The molecule has 6 heteroatoms. The van der Waals surface area contributed by atoms with Gasteiger partial charge in [0.25, 0.3) is 0 Å². The molecule has 0 aliphatic heterocycles. The van der Waals surface area contributed by atoms with Crippen molar-refractivity contribution in [1.82, 2.24) is 9.97 Å².